The number of alkyl halides is 3. The Morgan fingerprint density at radius 2 is 1.44 bits per heavy atom. The Labute approximate surface area is 185 Å². The minimum absolute atomic E-state index is 0.390. The van der Waals surface area contributed by atoms with E-state index in [-0.39, 0.29) is 0 Å². The van der Waals surface area contributed by atoms with Gasteiger partial charge in [0.05, 0.1) is 11.1 Å². The Balaban J connectivity index is 1.35. The molecule has 0 spiro atoms. The molecule has 0 aromatic heterocycles. The number of hydrogen-bond acceptors (Lipinski definition) is 3. The minimum atomic E-state index is -4.58. The van der Waals surface area contributed by atoms with Crippen molar-refractivity contribution in [2.75, 3.05) is 36.4 Å². The van der Waals surface area contributed by atoms with E-state index in [2.05, 4.69) is 27.2 Å². The molecule has 7 heteroatoms. The maximum Gasteiger partial charge on any atom is 0.417 e. The molecule has 1 saturated heterocycles. The molecule has 1 amide bonds. The molecule has 1 fully saturated rings. The Morgan fingerprint density at radius 3 is 2.09 bits per heavy atom. The van der Waals surface area contributed by atoms with E-state index in [0.29, 0.717) is 5.69 Å². The third-order valence-corrected chi connectivity index (χ3v) is 5.59. The van der Waals surface area contributed by atoms with Crippen molar-refractivity contribution in [1.29, 1.82) is 0 Å². The predicted molar refractivity (Wildman–Crippen MR) is 120 cm³/mol. The number of piperazine rings is 1. The van der Waals surface area contributed by atoms with E-state index in [1.165, 1.54) is 23.8 Å². The molecule has 3 aromatic carbocycles. The molecule has 3 aromatic rings. The monoisotopic (exact) mass is 439 g/mol. The first-order valence-corrected chi connectivity index (χ1v) is 10.5. The van der Waals surface area contributed by atoms with Crippen LogP contribution in [-0.4, -0.2) is 37.0 Å². The zero-order valence-corrected chi connectivity index (χ0v) is 17.5. The Kier molecular flexibility index (Phi) is 6.46. The average Bonchev–Trinajstić information content (AvgIpc) is 2.80. The first-order valence-electron chi connectivity index (χ1n) is 10.5. The summed E-state index contributed by atoms with van der Waals surface area (Å²) in [4.78, 5) is 17.1. The van der Waals surface area contributed by atoms with Crippen molar-refractivity contribution < 1.29 is 18.0 Å². The minimum Gasteiger partial charge on any atom is -0.369 e. The van der Waals surface area contributed by atoms with Crippen LogP contribution >= 0.6 is 0 Å². The molecular weight excluding hydrogens is 415 g/mol. The molecule has 1 heterocycles. The summed E-state index contributed by atoms with van der Waals surface area (Å²) in [5, 5.41) is 2.57. The fraction of sp³-hybridized carbons (Fsp3) is 0.240. The Morgan fingerprint density at radius 1 is 0.812 bits per heavy atom. The highest BCUT2D eigenvalue weighted by atomic mass is 19.4. The summed E-state index contributed by atoms with van der Waals surface area (Å²) < 4.78 is 39.5. The number of benzene rings is 3. The van der Waals surface area contributed by atoms with Crippen molar-refractivity contribution in [3.8, 4) is 0 Å². The number of anilines is 2. The predicted octanol–water partition coefficient (Wildman–Crippen LogP) is 5.28. The number of carbonyl (C=O) groups excluding carboxylic acids is 1. The number of nitrogens with one attached hydrogen (secondary N) is 1. The van der Waals surface area contributed by atoms with Crippen molar-refractivity contribution in [2.24, 2.45) is 0 Å². The van der Waals surface area contributed by atoms with E-state index in [1.807, 2.05) is 30.3 Å². The number of hydrogen-bond donors (Lipinski definition) is 1. The summed E-state index contributed by atoms with van der Waals surface area (Å²) >= 11 is 0. The van der Waals surface area contributed by atoms with Crippen LogP contribution in [0.3, 0.4) is 0 Å². The largest absolute Gasteiger partial charge is 0.417 e. The van der Waals surface area contributed by atoms with Gasteiger partial charge in [-0.3, -0.25) is 9.69 Å². The first kappa shape index (κ1) is 21.9. The van der Waals surface area contributed by atoms with Crippen LogP contribution in [0.25, 0.3) is 0 Å². The van der Waals surface area contributed by atoms with Crippen molar-refractivity contribution in [1.82, 2.24) is 4.90 Å². The van der Waals surface area contributed by atoms with E-state index in [9.17, 15) is 18.0 Å². The second-order valence-electron chi connectivity index (χ2n) is 7.79. The summed E-state index contributed by atoms with van der Waals surface area (Å²) in [6.45, 7) is 4.59. The van der Waals surface area contributed by atoms with Crippen LogP contribution in [0.15, 0.2) is 78.9 Å². The second-order valence-corrected chi connectivity index (χ2v) is 7.79. The van der Waals surface area contributed by atoms with Gasteiger partial charge in [0.2, 0.25) is 0 Å². The van der Waals surface area contributed by atoms with Crippen molar-refractivity contribution in [3.05, 3.63) is 95.6 Å². The third kappa shape index (κ3) is 5.29. The number of nitrogens with zero attached hydrogens (tertiary/aromatic N) is 2. The van der Waals surface area contributed by atoms with E-state index >= 15 is 0 Å². The molecule has 0 aliphatic carbocycles. The molecule has 166 valence electrons. The maximum atomic E-state index is 13.2. The van der Waals surface area contributed by atoms with Gasteiger partial charge in [-0.1, -0.05) is 42.5 Å². The van der Waals surface area contributed by atoms with Gasteiger partial charge in [-0.25, -0.2) is 0 Å². The zero-order chi connectivity index (χ0) is 22.6. The van der Waals surface area contributed by atoms with Gasteiger partial charge < -0.3 is 10.2 Å². The van der Waals surface area contributed by atoms with Crippen LogP contribution in [0, 0.1) is 0 Å². The molecule has 4 nitrogen and oxygen atoms in total. The van der Waals surface area contributed by atoms with Gasteiger partial charge >= 0.3 is 6.18 Å². The van der Waals surface area contributed by atoms with Crippen LogP contribution in [0.4, 0.5) is 24.5 Å². The van der Waals surface area contributed by atoms with E-state index in [1.54, 1.807) is 12.1 Å². The summed E-state index contributed by atoms with van der Waals surface area (Å²) in [6.07, 6.45) is -4.58. The summed E-state index contributed by atoms with van der Waals surface area (Å²) in [7, 11) is 0. The standard InChI is InChI=1S/C25H24F3N3O/c26-25(27,28)23-9-5-4-8-22(23)24(32)29-20-10-12-21(13-11-20)31-16-14-30(15-17-31)18-19-6-2-1-3-7-19/h1-13H,14-18H2,(H,29,32). The number of amides is 1. The van der Waals surface area contributed by atoms with Gasteiger partial charge in [-0.05, 0) is 42.0 Å². The third-order valence-electron chi connectivity index (χ3n) is 5.59. The molecule has 0 saturated carbocycles. The first-order chi connectivity index (χ1) is 15.4. The van der Waals surface area contributed by atoms with Crippen LogP contribution < -0.4 is 10.2 Å². The number of halogens is 3. The molecule has 1 aliphatic heterocycles. The highest BCUT2D eigenvalue weighted by molar-refractivity contribution is 6.05. The lowest BCUT2D eigenvalue weighted by Crippen LogP contribution is -2.45. The fourth-order valence-electron chi connectivity index (χ4n) is 3.89. The molecular formula is C25H24F3N3O. The molecule has 32 heavy (non-hydrogen) atoms. The lowest BCUT2D eigenvalue weighted by Gasteiger charge is -2.36. The number of rotatable bonds is 5. The fourth-order valence-corrected chi connectivity index (χ4v) is 3.89. The van der Waals surface area contributed by atoms with Crippen molar-refractivity contribution in [3.63, 3.8) is 0 Å². The lowest BCUT2D eigenvalue weighted by atomic mass is 10.1. The highest BCUT2D eigenvalue weighted by Crippen LogP contribution is 2.32. The van der Waals surface area contributed by atoms with Gasteiger partial charge in [0.25, 0.3) is 5.91 Å². The van der Waals surface area contributed by atoms with E-state index < -0.39 is 23.2 Å². The van der Waals surface area contributed by atoms with Crippen LogP contribution in [0.5, 0.6) is 0 Å². The molecule has 0 radical (unpaired) electrons. The molecule has 1 N–H and O–H groups in total. The quantitative estimate of drug-likeness (QED) is 0.588. The van der Waals surface area contributed by atoms with Crippen LogP contribution in [-0.2, 0) is 12.7 Å². The topological polar surface area (TPSA) is 35.6 Å². The maximum absolute atomic E-state index is 13.2. The van der Waals surface area contributed by atoms with Crippen molar-refractivity contribution >= 4 is 17.3 Å². The van der Waals surface area contributed by atoms with Gasteiger partial charge in [0.15, 0.2) is 0 Å². The number of carbonyl (C=O) groups is 1. The summed E-state index contributed by atoms with van der Waals surface area (Å²) in [6, 6.07) is 22.4. The smallest absolute Gasteiger partial charge is 0.369 e. The molecule has 0 unspecified atom stereocenters. The van der Waals surface area contributed by atoms with Gasteiger partial charge in [-0.15, -0.1) is 0 Å². The van der Waals surface area contributed by atoms with Crippen LogP contribution in [0.1, 0.15) is 21.5 Å². The van der Waals surface area contributed by atoms with Gasteiger partial charge in [0.1, 0.15) is 0 Å². The van der Waals surface area contributed by atoms with E-state index in [0.717, 1.165) is 44.5 Å². The van der Waals surface area contributed by atoms with Gasteiger partial charge in [-0.2, -0.15) is 13.2 Å². The molecule has 1 aliphatic rings. The zero-order valence-electron chi connectivity index (χ0n) is 17.5. The lowest BCUT2D eigenvalue weighted by molar-refractivity contribution is -0.137. The normalized spacial score (nSPS) is 14.9. The SMILES string of the molecule is O=C(Nc1ccc(N2CCN(Cc3ccccc3)CC2)cc1)c1ccccc1C(F)(F)F. The summed E-state index contributed by atoms with van der Waals surface area (Å²) in [5.41, 5.74) is 1.45. The Bertz CT molecular complexity index is 1040. The average molecular weight is 439 g/mol. The second kappa shape index (κ2) is 9.44. The molecule has 4 rings (SSSR count). The van der Waals surface area contributed by atoms with Crippen molar-refractivity contribution in [2.45, 2.75) is 12.7 Å². The Hall–Kier alpha value is -3.32. The van der Waals surface area contributed by atoms with Gasteiger partial charge in [0, 0.05) is 44.1 Å². The molecule has 0 bridgehead atoms. The molecule has 0 atom stereocenters. The van der Waals surface area contributed by atoms with E-state index in [4.69, 9.17) is 0 Å². The van der Waals surface area contributed by atoms with Crippen LogP contribution in [0.2, 0.25) is 0 Å². The highest BCUT2D eigenvalue weighted by Gasteiger charge is 2.34. The summed E-state index contributed by atoms with van der Waals surface area (Å²) in [5.74, 6) is -0.778.